The number of phosphoric ester groups is 1. The van der Waals surface area contributed by atoms with Crippen LogP contribution in [0.5, 0.6) is 51.7 Å². The molecule has 0 unspecified atom stereocenters. The lowest BCUT2D eigenvalue weighted by Crippen LogP contribution is -2.08. The molecule has 3 rings (SSSR count). The molecule has 0 radical (unpaired) electrons. The van der Waals surface area contributed by atoms with Crippen molar-refractivity contribution >= 4 is 7.82 Å². The van der Waals surface area contributed by atoms with E-state index in [4.69, 9.17) is 42.0 Å². The van der Waals surface area contributed by atoms with E-state index in [1.807, 2.05) is 0 Å². The highest BCUT2D eigenvalue weighted by atomic mass is 31.2. The summed E-state index contributed by atoms with van der Waals surface area (Å²) < 4.78 is 63.0. The first-order valence-corrected chi connectivity index (χ1v) is 11.7. The van der Waals surface area contributed by atoms with E-state index >= 15 is 0 Å². The second-order valence-electron chi connectivity index (χ2n) is 6.87. The van der Waals surface area contributed by atoms with Gasteiger partial charge < -0.3 is 42.0 Å². The molecular formula is C24H27O10P. The number of phosphoric acid groups is 1. The van der Waals surface area contributed by atoms with Gasteiger partial charge in [0.2, 0.25) is 0 Å². The van der Waals surface area contributed by atoms with Crippen LogP contribution in [-0.4, -0.2) is 42.7 Å². The summed E-state index contributed by atoms with van der Waals surface area (Å²) in [5.41, 5.74) is 0. The topological polar surface area (TPSA) is 100 Å². The summed E-state index contributed by atoms with van der Waals surface area (Å²) in [6.07, 6.45) is 0. The van der Waals surface area contributed by atoms with Gasteiger partial charge in [-0.1, -0.05) is 0 Å². The van der Waals surface area contributed by atoms with Crippen LogP contribution in [0, 0.1) is 0 Å². The number of rotatable bonds is 12. The van der Waals surface area contributed by atoms with Crippen LogP contribution in [0.15, 0.2) is 54.6 Å². The lowest BCUT2D eigenvalue weighted by Gasteiger charge is -2.21. The molecule has 0 bridgehead atoms. The van der Waals surface area contributed by atoms with Gasteiger partial charge in [0, 0.05) is 54.6 Å². The minimum absolute atomic E-state index is 0.120. The molecule has 10 nitrogen and oxygen atoms in total. The number of benzene rings is 3. The van der Waals surface area contributed by atoms with E-state index in [1.54, 1.807) is 18.2 Å². The van der Waals surface area contributed by atoms with E-state index < -0.39 is 7.82 Å². The molecule has 0 atom stereocenters. The lowest BCUT2D eigenvalue weighted by molar-refractivity contribution is 0.294. The lowest BCUT2D eigenvalue weighted by atomic mass is 10.3. The molecule has 35 heavy (non-hydrogen) atoms. The van der Waals surface area contributed by atoms with Crippen LogP contribution < -0.4 is 42.0 Å². The molecule has 3 aromatic rings. The Bertz CT molecular complexity index is 984. The molecule has 0 aliphatic heterocycles. The van der Waals surface area contributed by atoms with Gasteiger partial charge in [-0.3, -0.25) is 0 Å². The van der Waals surface area contributed by atoms with Crippen molar-refractivity contribution in [3.8, 4) is 51.7 Å². The minimum atomic E-state index is -4.40. The number of hydrogen-bond donors (Lipinski definition) is 0. The Labute approximate surface area is 203 Å². The Morgan fingerprint density at radius 3 is 0.714 bits per heavy atom. The summed E-state index contributed by atoms with van der Waals surface area (Å²) in [5.74, 6) is 2.84. The Kier molecular flexibility index (Phi) is 8.43. The van der Waals surface area contributed by atoms with Crippen LogP contribution in [0.2, 0.25) is 0 Å². The van der Waals surface area contributed by atoms with E-state index in [0.717, 1.165) is 0 Å². The van der Waals surface area contributed by atoms with Gasteiger partial charge in [0.1, 0.15) is 51.7 Å². The van der Waals surface area contributed by atoms with Crippen LogP contribution in [0.3, 0.4) is 0 Å². The van der Waals surface area contributed by atoms with Gasteiger partial charge in [0.25, 0.3) is 0 Å². The summed E-state index contributed by atoms with van der Waals surface area (Å²) in [5, 5.41) is 0. The van der Waals surface area contributed by atoms with Crippen LogP contribution >= 0.6 is 7.82 Å². The normalized spacial score (nSPS) is 10.7. The van der Waals surface area contributed by atoms with E-state index in [2.05, 4.69) is 0 Å². The molecule has 3 aromatic carbocycles. The molecule has 0 amide bonds. The fourth-order valence-corrected chi connectivity index (χ4v) is 4.15. The van der Waals surface area contributed by atoms with Crippen LogP contribution in [0.25, 0.3) is 0 Å². The van der Waals surface area contributed by atoms with Gasteiger partial charge >= 0.3 is 7.82 Å². The smallest absolute Gasteiger partial charge is 0.496 e. The maximum Gasteiger partial charge on any atom is 0.647 e. The maximum atomic E-state index is 14.0. The zero-order valence-corrected chi connectivity index (χ0v) is 21.1. The van der Waals surface area contributed by atoms with Gasteiger partial charge in [0.05, 0.1) is 42.7 Å². The molecule has 0 aromatic heterocycles. The second-order valence-corrected chi connectivity index (χ2v) is 8.31. The van der Waals surface area contributed by atoms with Gasteiger partial charge in [-0.05, 0) is 0 Å². The van der Waals surface area contributed by atoms with Gasteiger partial charge in [-0.2, -0.15) is 4.57 Å². The number of ether oxygens (including phenoxy) is 6. The van der Waals surface area contributed by atoms with Crippen molar-refractivity contribution in [3.05, 3.63) is 54.6 Å². The highest BCUT2D eigenvalue weighted by Crippen LogP contribution is 2.52. The molecule has 0 saturated heterocycles. The fourth-order valence-electron chi connectivity index (χ4n) is 2.95. The molecule has 0 heterocycles. The molecule has 11 heteroatoms. The van der Waals surface area contributed by atoms with Crippen molar-refractivity contribution in [2.45, 2.75) is 0 Å². The number of methoxy groups -OCH3 is 6. The first-order valence-electron chi connectivity index (χ1n) is 10.2. The maximum absolute atomic E-state index is 14.0. The highest BCUT2D eigenvalue weighted by molar-refractivity contribution is 7.49. The molecule has 0 spiro atoms. The Morgan fingerprint density at radius 1 is 0.371 bits per heavy atom. The van der Waals surface area contributed by atoms with Gasteiger partial charge in [0.15, 0.2) is 0 Å². The molecule has 0 N–H and O–H groups in total. The highest BCUT2D eigenvalue weighted by Gasteiger charge is 2.34. The fraction of sp³-hybridized carbons (Fsp3) is 0.250. The summed E-state index contributed by atoms with van der Waals surface area (Å²) in [6.45, 7) is 0. The first-order chi connectivity index (χ1) is 16.8. The molecule has 0 aliphatic rings. The standard InChI is InChI=1S/C24H27O10P/c1-26-16-7-17(27-2)11-22(10-16)32-35(25,33-23-12-18(28-3)8-19(13-23)29-4)34-24-14-20(30-5)9-21(15-24)31-6/h7-15H,1-6H3. The monoisotopic (exact) mass is 506 g/mol. The van der Waals surface area contributed by atoms with Crippen molar-refractivity contribution in [1.29, 1.82) is 0 Å². The van der Waals surface area contributed by atoms with Gasteiger partial charge in [-0.25, -0.2) is 0 Å². The summed E-state index contributed by atoms with van der Waals surface area (Å²) in [6, 6.07) is 14.0. The van der Waals surface area contributed by atoms with Crippen LogP contribution in [0.4, 0.5) is 0 Å². The summed E-state index contributed by atoms with van der Waals surface area (Å²) in [7, 11) is 4.49. The zero-order chi connectivity index (χ0) is 25.4. The molecule has 0 aliphatic carbocycles. The Hall–Kier alpha value is -3.91. The Balaban J connectivity index is 2.05. The molecule has 188 valence electrons. The average molecular weight is 506 g/mol. The van der Waals surface area contributed by atoms with E-state index in [0.29, 0.717) is 34.5 Å². The zero-order valence-electron chi connectivity index (χ0n) is 20.2. The van der Waals surface area contributed by atoms with Gasteiger partial charge in [-0.15, -0.1) is 0 Å². The van der Waals surface area contributed by atoms with Crippen LogP contribution in [0.1, 0.15) is 0 Å². The Morgan fingerprint density at radius 2 is 0.543 bits per heavy atom. The van der Waals surface area contributed by atoms with E-state index in [-0.39, 0.29) is 17.2 Å². The van der Waals surface area contributed by atoms with Crippen molar-refractivity contribution in [1.82, 2.24) is 0 Å². The van der Waals surface area contributed by atoms with Crippen molar-refractivity contribution in [2.75, 3.05) is 42.7 Å². The third-order valence-electron chi connectivity index (χ3n) is 4.63. The van der Waals surface area contributed by atoms with Crippen molar-refractivity contribution in [2.24, 2.45) is 0 Å². The van der Waals surface area contributed by atoms with Crippen molar-refractivity contribution in [3.63, 3.8) is 0 Å². The molecule has 0 fully saturated rings. The first kappa shape index (κ1) is 25.7. The second kappa shape index (κ2) is 11.5. The molecule has 0 saturated carbocycles. The third kappa shape index (κ3) is 6.80. The molecular weight excluding hydrogens is 479 g/mol. The van der Waals surface area contributed by atoms with E-state index in [9.17, 15) is 4.57 Å². The third-order valence-corrected chi connectivity index (χ3v) is 5.93. The largest absolute Gasteiger partial charge is 0.647 e. The van der Waals surface area contributed by atoms with Crippen molar-refractivity contribution < 1.29 is 46.6 Å². The van der Waals surface area contributed by atoms with E-state index in [1.165, 1.54) is 79.1 Å². The predicted octanol–water partition coefficient (Wildman–Crippen LogP) is 5.38. The quantitative estimate of drug-likeness (QED) is 0.298. The average Bonchev–Trinajstić information content (AvgIpc) is 2.87. The number of hydrogen-bond acceptors (Lipinski definition) is 10. The summed E-state index contributed by atoms with van der Waals surface area (Å²) in [4.78, 5) is 0. The van der Waals surface area contributed by atoms with Crippen LogP contribution in [-0.2, 0) is 4.57 Å². The SMILES string of the molecule is COc1cc(OC)cc(OP(=O)(Oc2cc(OC)cc(OC)c2)Oc2cc(OC)cc(OC)c2)c1. The predicted molar refractivity (Wildman–Crippen MR) is 128 cm³/mol. The minimum Gasteiger partial charge on any atom is -0.496 e. The summed E-state index contributed by atoms with van der Waals surface area (Å²) >= 11 is 0.